The second-order valence-electron chi connectivity index (χ2n) is 5.27. The molecule has 0 spiro atoms. The van der Waals surface area contributed by atoms with Gasteiger partial charge in [-0.1, -0.05) is 18.2 Å². The molecule has 0 aliphatic heterocycles. The number of aryl methyl sites for hydroxylation is 1. The number of hydrogen-bond donors (Lipinski definition) is 3. The number of hydrogen-bond acceptors (Lipinski definition) is 4. The van der Waals surface area contributed by atoms with Crippen molar-refractivity contribution in [2.45, 2.75) is 13.3 Å². The smallest absolute Gasteiger partial charge is 0.259 e. The maximum atomic E-state index is 12.4. The minimum absolute atomic E-state index is 0.159. The van der Waals surface area contributed by atoms with Crippen molar-refractivity contribution in [1.29, 1.82) is 0 Å². The van der Waals surface area contributed by atoms with Gasteiger partial charge in [-0.05, 0) is 36.8 Å². The highest BCUT2D eigenvalue weighted by Gasteiger charge is 2.12. The molecule has 24 heavy (non-hydrogen) atoms. The van der Waals surface area contributed by atoms with E-state index in [9.17, 15) is 9.59 Å². The maximum absolute atomic E-state index is 12.4. The first-order valence-corrected chi connectivity index (χ1v) is 7.60. The molecule has 2 amide bonds. The van der Waals surface area contributed by atoms with Gasteiger partial charge in [0.05, 0.1) is 12.7 Å². The zero-order valence-corrected chi connectivity index (χ0v) is 13.8. The summed E-state index contributed by atoms with van der Waals surface area (Å²) >= 11 is 0. The Kier molecular flexibility index (Phi) is 5.92. The van der Waals surface area contributed by atoms with Crippen LogP contribution >= 0.6 is 0 Å². The first kappa shape index (κ1) is 17.5. The lowest BCUT2D eigenvalue weighted by Crippen LogP contribution is -2.17. The summed E-state index contributed by atoms with van der Waals surface area (Å²) in [4.78, 5) is 24.1. The highest BCUT2D eigenvalue weighted by molar-refractivity contribution is 6.06. The molecule has 2 aromatic carbocycles. The maximum Gasteiger partial charge on any atom is 0.259 e. The Hall–Kier alpha value is -2.86. The van der Waals surface area contributed by atoms with Crippen LogP contribution in [0.5, 0.6) is 5.75 Å². The zero-order valence-electron chi connectivity index (χ0n) is 13.8. The van der Waals surface area contributed by atoms with Crippen molar-refractivity contribution >= 4 is 23.2 Å². The van der Waals surface area contributed by atoms with Crippen LogP contribution in [0.1, 0.15) is 22.3 Å². The van der Waals surface area contributed by atoms with E-state index in [0.29, 0.717) is 22.7 Å². The molecule has 0 atom stereocenters. The summed E-state index contributed by atoms with van der Waals surface area (Å²) in [5.41, 5.74) is 7.94. The molecule has 126 valence electrons. The Bertz CT molecular complexity index is 744. The normalized spacial score (nSPS) is 10.1. The van der Waals surface area contributed by atoms with E-state index in [1.165, 1.54) is 7.11 Å². The molecule has 0 saturated heterocycles. The number of anilines is 2. The third-order valence-electron chi connectivity index (χ3n) is 3.49. The van der Waals surface area contributed by atoms with Crippen LogP contribution in [0.3, 0.4) is 0 Å². The van der Waals surface area contributed by atoms with Gasteiger partial charge in [0, 0.05) is 24.3 Å². The number of nitrogens with one attached hydrogen (secondary N) is 2. The monoisotopic (exact) mass is 327 g/mol. The number of carbonyl (C=O) groups is 2. The van der Waals surface area contributed by atoms with Gasteiger partial charge in [0.25, 0.3) is 5.91 Å². The first-order valence-electron chi connectivity index (χ1n) is 7.60. The molecule has 0 fully saturated rings. The number of nitrogens with two attached hydrogens (primary N) is 1. The number of methoxy groups -OCH3 is 1. The van der Waals surface area contributed by atoms with Gasteiger partial charge in [-0.25, -0.2) is 0 Å². The van der Waals surface area contributed by atoms with Crippen LogP contribution in [0.25, 0.3) is 0 Å². The second-order valence-corrected chi connectivity index (χ2v) is 5.27. The summed E-state index contributed by atoms with van der Waals surface area (Å²) in [6, 6.07) is 12.3. The molecule has 2 rings (SSSR count). The van der Waals surface area contributed by atoms with Crippen molar-refractivity contribution in [2.75, 3.05) is 24.3 Å². The van der Waals surface area contributed by atoms with Gasteiger partial charge < -0.3 is 21.1 Å². The summed E-state index contributed by atoms with van der Waals surface area (Å²) in [7, 11) is 1.52. The fourth-order valence-corrected chi connectivity index (χ4v) is 2.21. The summed E-state index contributed by atoms with van der Waals surface area (Å²) in [5, 5.41) is 5.60. The predicted molar refractivity (Wildman–Crippen MR) is 94.4 cm³/mol. The number of ether oxygens (including phenoxy) is 1. The van der Waals surface area contributed by atoms with Crippen LogP contribution < -0.4 is 21.1 Å². The molecule has 6 heteroatoms. The van der Waals surface area contributed by atoms with Gasteiger partial charge >= 0.3 is 0 Å². The zero-order chi connectivity index (χ0) is 17.5. The standard InChI is InChI=1S/C18H21N3O3/c1-12-7-8-13(11-15(12)21-17(22)9-10-19)20-18(23)14-5-3-4-6-16(14)24-2/h3-8,11H,9-10,19H2,1-2H3,(H,20,23)(H,21,22). The number of benzene rings is 2. The molecule has 0 bridgehead atoms. The quantitative estimate of drug-likeness (QED) is 0.760. The average Bonchev–Trinajstić information content (AvgIpc) is 2.58. The first-order chi connectivity index (χ1) is 11.5. The van der Waals surface area contributed by atoms with Crippen LogP contribution in [0.2, 0.25) is 0 Å². The van der Waals surface area contributed by atoms with E-state index >= 15 is 0 Å². The van der Waals surface area contributed by atoms with E-state index in [1.54, 1.807) is 36.4 Å². The van der Waals surface area contributed by atoms with E-state index in [2.05, 4.69) is 10.6 Å². The van der Waals surface area contributed by atoms with Gasteiger partial charge in [-0.3, -0.25) is 9.59 Å². The molecule has 0 aromatic heterocycles. The molecule has 0 aliphatic rings. The van der Waals surface area contributed by atoms with Gasteiger partial charge in [0.2, 0.25) is 5.91 Å². The lowest BCUT2D eigenvalue weighted by molar-refractivity contribution is -0.116. The summed E-state index contributed by atoms with van der Waals surface area (Å²) in [5.74, 6) is 0.0583. The van der Waals surface area contributed by atoms with Gasteiger partial charge in [0.1, 0.15) is 5.75 Å². The molecule has 0 unspecified atom stereocenters. The Labute approximate surface area is 141 Å². The predicted octanol–water partition coefficient (Wildman–Crippen LogP) is 2.54. The molecule has 0 aliphatic carbocycles. The number of carbonyl (C=O) groups excluding carboxylic acids is 2. The van der Waals surface area contributed by atoms with Crippen LogP contribution in [-0.4, -0.2) is 25.5 Å². The van der Waals surface area contributed by atoms with Gasteiger partial charge in [-0.15, -0.1) is 0 Å². The Balaban J connectivity index is 2.18. The summed E-state index contributed by atoms with van der Waals surface area (Å²) in [6.07, 6.45) is 0.247. The van der Waals surface area contributed by atoms with Crippen LogP contribution in [0, 0.1) is 6.92 Å². The van der Waals surface area contributed by atoms with Crippen molar-refractivity contribution in [3.63, 3.8) is 0 Å². The van der Waals surface area contributed by atoms with Crippen LogP contribution in [-0.2, 0) is 4.79 Å². The fourth-order valence-electron chi connectivity index (χ4n) is 2.21. The molecule has 4 N–H and O–H groups in total. The number of rotatable bonds is 6. The molecule has 6 nitrogen and oxygen atoms in total. The molecule has 0 radical (unpaired) electrons. The SMILES string of the molecule is COc1ccccc1C(=O)Nc1ccc(C)c(NC(=O)CCN)c1. The summed E-state index contributed by atoms with van der Waals surface area (Å²) in [6.45, 7) is 2.17. The van der Waals surface area contributed by atoms with Crippen molar-refractivity contribution < 1.29 is 14.3 Å². The van der Waals surface area contributed by atoms with Crippen molar-refractivity contribution in [2.24, 2.45) is 5.73 Å². The van der Waals surface area contributed by atoms with E-state index in [4.69, 9.17) is 10.5 Å². The fraction of sp³-hybridized carbons (Fsp3) is 0.222. The second kappa shape index (κ2) is 8.12. The van der Waals surface area contributed by atoms with E-state index in [1.807, 2.05) is 13.0 Å². The van der Waals surface area contributed by atoms with Crippen LogP contribution in [0.4, 0.5) is 11.4 Å². The number of amides is 2. The highest BCUT2D eigenvalue weighted by atomic mass is 16.5. The Morgan fingerprint density at radius 1 is 1.12 bits per heavy atom. The molecular weight excluding hydrogens is 306 g/mol. The lowest BCUT2D eigenvalue weighted by atomic mass is 10.1. The van der Waals surface area contributed by atoms with E-state index in [0.717, 1.165) is 5.56 Å². The van der Waals surface area contributed by atoms with Gasteiger partial charge in [-0.2, -0.15) is 0 Å². The molecule has 0 saturated carbocycles. The lowest BCUT2D eigenvalue weighted by Gasteiger charge is -2.12. The van der Waals surface area contributed by atoms with E-state index in [-0.39, 0.29) is 24.8 Å². The summed E-state index contributed by atoms with van der Waals surface area (Å²) < 4.78 is 5.20. The minimum atomic E-state index is -0.282. The Morgan fingerprint density at radius 2 is 1.88 bits per heavy atom. The Morgan fingerprint density at radius 3 is 2.58 bits per heavy atom. The third-order valence-corrected chi connectivity index (χ3v) is 3.49. The van der Waals surface area contributed by atoms with E-state index < -0.39 is 0 Å². The molecule has 2 aromatic rings. The minimum Gasteiger partial charge on any atom is -0.496 e. The third kappa shape index (κ3) is 4.33. The van der Waals surface area contributed by atoms with Crippen LogP contribution in [0.15, 0.2) is 42.5 Å². The molecular formula is C18H21N3O3. The van der Waals surface area contributed by atoms with Crippen molar-refractivity contribution in [3.8, 4) is 5.75 Å². The highest BCUT2D eigenvalue weighted by Crippen LogP contribution is 2.23. The average molecular weight is 327 g/mol. The van der Waals surface area contributed by atoms with Crippen molar-refractivity contribution in [3.05, 3.63) is 53.6 Å². The topological polar surface area (TPSA) is 93.5 Å². The van der Waals surface area contributed by atoms with Gasteiger partial charge in [0.15, 0.2) is 0 Å². The molecule has 0 heterocycles. The largest absolute Gasteiger partial charge is 0.496 e. The van der Waals surface area contributed by atoms with Crippen molar-refractivity contribution in [1.82, 2.24) is 0 Å². The number of para-hydroxylation sites is 1.